The van der Waals surface area contributed by atoms with Gasteiger partial charge < -0.3 is 15.4 Å². The van der Waals surface area contributed by atoms with Gasteiger partial charge in [-0.05, 0) is 73.2 Å². The number of rotatable bonds is 11. The van der Waals surface area contributed by atoms with E-state index in [4.69, 9.17) is 9.72 Å². The molecule has 0 radical (unpaired) electrons. The molecule has 0 spiro atoms. The Labute approximate surface area is 249 Å². The zero-order chi connectivity index (χ0) is 29.5. The van der Waals surface area contributed by atoms with Crippen LogP contribution in [0.2, 0.25) is 0 Å². The third-order valence-electron chi connectivity index (χ3n) is 7.44. The molecule has 1 fully saturated rings. The second kappa shape index (κ2) is 13.8. The quantitative estimate of drug-likeness (QED) is 0.180. The number of hydrogen-bond acceptors (Lipinski definition) is 6. The zero-order valence-electron chi connectivity index (χ0n) is 24.0. The Bertz CT molecular complexity index is 1600. The van der Waals surface area contributed by atoms with Crippen LogP contribution >= 0.6 is 11.8 Å². The summed E-state index contributed by atoms with van der Waals surface area (Å²) in [6.45, 7) is 5.54. The number of hydrogen-bond donors (Lipinski definition) is 2. The van der Waals surface area contributed by atoms with Crippen molar-refractivity contribution in [1.29, 1.82) is 0 Å². The van der Waals surface area contributed by atoms with Crippen molar-refractivity contribution in [2.24, 2.45) is 0 Å². The number of carbonyl (C=O) groups is 2. The summed E-state index contributed by atoms with van der Waals surface area (Å²) in [7, 11) is 0. The van der Waals surface area contributed by atoms with Crippen molar-refractivity contribution in [2.75, 3.05) is 18.5 Å². The van der Waals surface area contributed by atoms with E-state index in [1.54, 1.807) is 22.8 Å². The first kappa shape index (κ1) is 29.5. The van der Waals surface area contributed by atoms with E-state index in [0.29, 0.717) is 34.6 Å². The molecule has 42 heavy (non-hydrogen) atoms. The van der Waals surface area contributed by atoms with Crippen LogP contribution in [0.1, 0.15) is 54.6 Å². The van der Waals surface area contributed by atoms with Crippen LogP contribution in [0.5, 0.6) is 0 Å². The highest BCUT2D eigenvalue weighted by molar-refractivity contribution is 8.00. The fourth-order valence-corrected chi connectivity index (χ4v) is 5.94. The second-order valence-electron chi connectivity index (χ2n) is 10.4. The van der Waals surface area contributed by atoms with Gasteiger partial charge in [0.15, 0.2) is 5.16 Å². The van der Waals surface area contributed by atoms with Gasteiger partial charge in [-0.25, -0.2) is 4.98 Å². The lowest BCUT2D eigenvalue weighted by molar-refractivity contribution is -0.115. The molecule has 2 heterocycles. The number of para-hydroxylation sites is 1. The summed E-state index contributed by atoms with van der Waals surface area (Å²) in [5.41, 5.74) is 3.74. The smallest absolute Gasteiger partial charge is 0.262 e. The van der Waals surface area contributed by atoms with E-state index in [9.17, 15) is 14.4 Å². The van der Waals surface area contributed by atoms with Crippen molar-refractivity contribution in [1.82, 2.24) is 14.9 Å². The van der Waals surface area contributed by atoms with Gasteiger partial charge in [0, 0.05) is 24.4 Å². The largest absolute Gasteiger partial charge is 0.376 e. The zero-order valence-corrected chi connectivity index (χ0v) is 24.8. The van der Waals surface area contributed by atoms with E-state index in [0.717, 1.165) is 37.1 Å². The normalized spacial score (nSPS) is 15.4. The Kier molecular flexibility index (Phi) is 9.71. The Morgan fingerprint density at radius 1 is 1.02 bits per heavy atom. The number of benzene rings is 3. The molecule has 0 aliphatic carbocycles. The SMILES string of the molecule is CCc1ccc(NC(=O)[C@H](CC)Sc2nc3ccccc3c(=O)n2Cc2ccc(C(=O)NC[C@H]3CCCO3)cc2)cc1. The molecule has 1 aromatic heterocycles. The van der Waals surface area contributed by atoms with E-state index in [-0.39, 0.29) is 30.0 Å². The molecule has 3 aromatic carbocycles. The van der Waals surface area contributed by atoms with Gasteiger partial charge in [-0.15, -0.1) is 0 Å². The van der Waals surface area contributed by atoms with Crippen LogP contribution < -0.4 is 16.2 Å². The molecule has 0 saturated carbocycles. The number of ether oxygens (including phenoxy) is 1. The monoisotopic (exact) mass is 584 g/mol. The summed E-state index contributed by atoms with van der Waals surface area (Å²) >= 11 is 1.29. The number of nitrogens with one attached hydrogen (secondary N) is 2. The topological polar surface area (TPSA) is 102 Å². The summed E-state index contributed by atoms with van der Waals surface area (Å²) in [6.07, 6.45) is 3.54. The Morgan fingerprint density at radius 2 is 1.76 bits per heavy atom. The molecular weight excluding hydrogens is 548 g/mol. The molecule has 1 aliphatic heterocycles. The predicted octanol–water partition coefficient (Wildman–Crippen LogP) is 5.43. The van der Waals surface area contributed by atoms with Crippen LogP contribution in [0.3, 0.4) is 0 Å². The Balaban J connectivity index is 1.35. The van der Waals surface area contributed by atoms with Gasteiger partial charge in [0.2, 0.25) is 5.91 Å². The maximum atomic E-state index is 13.7. The first-order valence-electron chi connectivity index (χ1n) is 14.5. The summed E-state index contributed by atoms with van der Waals surface area (Å²) < 4.78 is 7.20. The number of amides is 2. The standard InChI is InChI=1S/C33H36N4O4S/c1-3-22-13-17-25(18-14-22)35-31(39)29(4-2)42-33-36-28-10-6-5-9-27(28)32(40)37(33)21-23-11-15-24(16-12-23)30(38)34-20-26-8-7-19-41-26/h5-6,9-18,26,29H,3-4,7-8,19-21H2,1-2H3,(H,34,38)(H,35,39)/t26-,29+/m1/s1. The fourth-order valence-electron chi connectivity index (χ4n) is 4.93. The first-order chi connectivity index (χ1) is 20.4. The lowest BCUT2D eigenvalue weighted by Crippen LogP contribution is -2.31. The summed E-state index contributed by atoms with van der Waals surface area (Å²) in [4.78, 5) is 44.4. The van der Waals surface area contributed by atoms with Crippen molar-refractivity contribution in [2.45, 2.75) is 62.6 Å². The number of fused-ring (bicyclic) bond motifs is 1. The average Bonchev–Trinajstić information content (AvgIpc) is 3.55. The highest BCUT2D eigenvalue weighted by Crippen LogP contribution is 2.27. The van der Waals surface area contributed by atoms with Crippen LogP contribution in [0, 0.1) is 0 Å². The van der Waals surface area contributed by atoms with Gasteiger partial charge in [0.05, 0.1) is 28.8 Å². The van der Waals surface area contributed by atoms with Crippen LogP contribution in [-0.4, -0.2) is 45.9 Å². The number of thioether (sulfide) groups is 1. The lowest BCUT2D eigenvalue weighted by Gasteiger charge is -2.18. The minimum absolute atomic E-state index is 0.0760. The van der Waals surface area contributed by atoms with E-state index in [2.05, 4.69) is 17.6 Å². The van der Waals surface area contributed by atoms with Crippen molar-refractivity contribution in [3.8, 4) is 0 Å². The van der Waals surface area contributed by atoms with Gasteiger partial charge in [-0.2, -0.15) is 0 Å². The van der Waals surface area contributed by atoms with Crippen molar-refractivity contribution in [3.63, 3.8) is 0 Å². The van der Waals surface area contributed by atoms with Crippen LogP contribution in [-0.2, 0) is 22.5 Å². The number of nitrogens with zero attached hydrogens (tertiary/aromatic N) is 2. The molecule has 1 saturated heterocycles. The fraction of sp³-hybridized carbons (Fsp3) is 0.333. The van der Waals surface area contributed by atoms with Gasteiger partial charge >= 0.3 is 0 Å². The molecule has 8 nitrogen and oxygen atoms in total. The van der Waals surface area contributed by atoms with Crippen molar-refractivity contribution in [3.05, 3.63) is 99.8 Å². The third kappa shape index (κ3) is 7.09. The summed E-state index contributed by atoms with van der Waals surface area (Å²) in [5.74, 6) is -0.293. The molecule has 1 aliphatic rings. The molecule has 2 atom stereocenters. The maximum Gasteiger partial charge on any atom is 0.262 e. The van der Waals surface area contributed by atoms with Crippen LogP contribution in [0.25, 0.3) is 10.9 Å². The molecule has 218 valence electrons. The van der Waals surface area contributed by atoms with E-state index < -0.39 is 5.25 Å². The van der Waals surface area contributed by atoms with Crippen molar-refractivity contribution < 1.29 is 14.3 Å². The van der Waals surface area contributed by atoms with Gasteiger partial charge in [-0.1, -0.05) is 62.0 Å². The predicted molar refractivity (Wildman–Crippen MR) is 167 cm³/mol. The van der Waals surface area contributed by atoms with Crippen LogP contribution in [0.4, 0.5) is 5.69 Å². The van der Waals surface area contributed by atoms with Crippen molar-refractivity contribution >= 4 is 40.2 Å². The molecule has 2 N–H and O–H groups in total. The molecule has 5 rings (SSSR count). The molecule has 4 aromatic rings. The molecule has 0 unspecified atom stereocenters. The molecule has 0 bridgehead atoms. The Hall–Kier alpha value is -3.95. The number of aryl methyl sites for hydroxylation is 1. The van der Waals surface area contributed by atoms with Crippen LogP contribution in [0.15, 0.2) is 82.7 Å². The maximum absolute atomic E-state index is 13.7. The molecular formula is C33H36N4O4S. The van der Waals surface area contributed by atoms with E-state index in [1.165, 1.54) is 17.3 Å². The third-order valence-corrected chi connectivity index (χ3v) is 8.79. The number of anilines is 1. The average molecular weight is 585 g/mol. The first-order valence-corrected chi connectivity index (χ1v) is 15.4. The van der Waals surface area contributed by atoms with Gasteiger partial charge in [-0.3, -0.25) is 19.0 Å². The highest BCUT2D eigenvalue weighted by atomic mass is 32.2. The summed E-state index contributed by atoms with van der Waals surface area (Å²) in [6, 6.07) is 22.3. The minimum atomic E-state index is -0.454. The highest BCUT2D eigenvalue weighted by Gasteiger charge is 2.23. The molecule has 2 amide bonds. The van der Waals surface area contributed by atoms with Gasteiger partial charge in [0.25, 0.3) is 11.5 Å². The molecule has 9 heteroatoms. The number of carbonyl (C=O) groups excluding carboxylic acids is 2. The van der Waals surface area contributed by atoms with Gasteiger partial charge in [0.1, 0.15) is 0 Å². The number of aromatic nitrogens is 2. The minimum Gasteiger partial charge on any atom is -0.376 e. The summed E-state index contributed by atoms with van der Waals surface area (Å²) in [5, 5.41) is 6.48. The van der Waals surface area contributed by atoms with E-state index in [1.807, 2.05) is 61.5 Å². The Morgan fingerprint density at radius 3 is 2.45 bits per heavy atom. The lowest BCUT2D eigenvalue weighted by atomic mass is 10.1. The second-order valence-corrected chi connectivity index (χ2v) is 11.6. The van der Waals surface area contributed by atoms with E-state index >= 15 is 0 Å².